The van der Waals surface area contributed by atoms with Crippen LogP contribution in [0.4, 0.5) is 13.2 Å². The summed E-state index contributed by atoms with van der Waals surface area (Å²) < 4.78 is 65.0. The van der Waals surface area contributed by atoms with Crippen molar-refractivity contribution in [1.82, 2.24) is 10.0 Å². The van der Waals surface area contributed by atoms with Gasteiger partial charge < -0.3 is 10.4 Å². The Hall–Kier alpha value is -1.36. The molecule has 1 aliphatic rings. The number of carbonyl (C=O) groups excluding carboxylic acids is 1. The number of nitrogens with one attached hydrogen (secondary N) is 2. The largest absolute Gasteiger partial charge is 0.417 e. The van der Waals surface area contributed by atoms with Crippen molar-refractivity contribution < 1.29 is 31.5 Å². The molecule has 0 bridgehead atoms. The highest BCUT2D eigenvalue weighted by molar-refractivity contribution is 7.89. The smallest absolute Gasteiger partial charge is 0.393 e. The summed E-state index contributed by atoms with van der Waals surface area (Å²) in [5.41, 5.74) is -1.25. The number of alkyl halides is 3. The van der Waals surface area contributed by atoms with Crippen molar-refractivity contribution in [3.05, 3.63) is 28.8 Å². The number of halogens is 4. The zero-order valence-corrected chi connectivity index (χ0v) is 15.8. The molecule has 1 aromatic carbocycles. The van der Waals surface area contributed by atoms with Gasteiger partial charge in [-0.15, -0.1) is 0 Å². The Balaban J connectivity index is 1.90. The zero-order valence-electron chi connectivity index (χ0n) is 14.2. The molecule has 1 amide bonds. The number of rotatable bonds is 6. The van der Waals surface area contributed by atoms with Gasteiger partial charge >= 0.3 is 6.18 Å². The molecule has 0 saturated heterocycles. The molecule has 0 radical (unpaired) electrons. The lowest BCUT2D eigenvalue weighted by molar-refractivity contribution is -0.137. The second-order valence-electron chi connectivity index (χ2n) is 6.36. The van der Waals surface area contributed by atoms with E-state index in [-0.39, 0.29) is 31.0 Å². The van der Waals surface area contributed by atoms with E-state index in [1.807, 2.05) is 0 Å². The fraction of sp³-hybridized carbons (Fsp3) is 0.562. The van der Waals surface area contributed by atoms with Crippen LogP contribution in [0.1, 0.15) is 37.7 Å². The van der Waals surface area contributed by atoms with Crippen molar-refractivity contribution >= 4 is 27.5 Å². The summed E-state index contributed by atoms with van der Waals surface area (Å²) in [6, 6.07) is 2.22. The second kappa shape index (κ2) is 8.76. The Kier molecular flexibility index (Phi) is 7.12. The van der Waals surface area contributed by atoms with Crippen LogP contribution in [0.5, 0.6) is 0 Å². The third kappa shape index (κ3) is 6.34. The molecule has 3 N–H and O–H groups in total. The van der Waals surface area contributed by atoms with Crippen molar-refractivity contribution in [1.29, 1.82) is 0 Å². The fourth-order valence-corrected chi connectivity index (χ4v) is 4.07. The van der Waals surface area contributed by atoms with Gasteiger partial charge in [-0.1, -0.05) is 11.6 Å². The molecule has 0 unspecified atom stereocenters. The second-order valence-corrected chi connectivity index (χ2v) is 8.53. The van der Waals surface area contributed by atoms with Crippen LogP contribution in [0.2, 0.25) is 5.02 Å². The fourth-order valence-electron chi connectivity index (χ4n) is 2.79. The van der Waals surface area contributed by atoms with Crippen LogP contribution in [-0.2, 0) is 21.0 Å². The number of amides is 1. The Morgan fingerprint density at radius 2 is 1.85 bits per heavy atom. The highest BCUT2D eigenvalue weighted by atomic mass is 35.5. The molecule has 11 heteroatoms. The van der Waals surface area contributed by atoms with E-state index < -0.39 is 31.7 Å². The van der Waals surface area contributed by atoms with Gasteiger partial charge in [0.2, 0.25) is 15.9 Å². The molecule has 27 heavy (non-hydrogen) atoms. The lowest BCUT2D eigenvalue weighted by Gasteiger charge is -2.26. The van der Waals surface area contributed by atoms with Gasteiger partial charge in [0, 0.05) is 19.0 Å². The summed E-state index contributed by atoms with van der Waals surface area (Å²) in [6.45, 7) is -0.256. The number of aliphatic hydroxyl groups excluding tert-OH is 1. The van der Waals surface area contributed by atoms with Gasteiger partial charge in [-0.25, -0.2) is 13.1 Å². The van der Waals surface area contributed by atoms with Crippen LogP contribution in [0.25, 0.3) is 0 Å². The topological polar surface area (TPSA) is 95.5 Å². The molecule has 0 atom stereocenters. The number of carbonyl (C=O) groups is 1. The Labute approximate surface area is 160 Å². The van der Waals surface area contributed by atoms with Gasteiger partial charge in [0.1, 0.15) is 0 Å². The molecule has 0 spiro atoms. The first-order valence-corrected chi connectivity index (χ1v) is 10.2. The van der Waals surface area contributed by atoms with E-state index >= 15 is 0 Å². The van der Waals surface area contributed by atoms with Crippen LogP contribution >= 0.6 is 11.6 Å². The molecule has 0 aromatic heterocycles. The molecule has 0 heterocycles. The van der Waals surface area contributed by atoms with Crippen LogP contribution < -0.4 is 10.0 Å². The van der Waals surface area contributed by atoms with Crippen LogP contribution in [0.3, 0.4) is 0 Å². The summed E-state index contributed by atoms with van der Waals surface area (Å²) in [5, 5.41) is 11.6. The number of benzene rings is 1. The lowest BCUT2D eigenvalue weighted by atomic mass is 9.93. The lowest BCUT2D eigenvalue weighted by Crippen LogP contribution is -2.40. The first kappa shape index (κ1) is 21.9. The van der Waals surface area contributed by atoms with Gasteiger partial charge in [-0.05, 0) is 43.9 Å². The van der Waals surface area contributed by atoms with E-state index in [0.717, 1.165) is 12.1 Å². The minimum atomic E-state index is -4.78. The maximum absolute atomic E-state index is 12.9. The highest BCUT2D eigenvalue weighted by Gasteiger charge is 2.34. The average Bonchev–Trinajstić information content (AvgIpc) is 2.56. The van der Waals surface area contributed by atoms with E-state index in [4.69, 9.17) is 11.6 Å². The van der Waals surface area contributed by atoms with E-state index in [1.165, 1.54) is 0 Å². The molecule has 1 fully saturated rings. The monoisotopic (exact) mass is 428 g/mol. The quantitative estimate of drug-likeness (QED) is 0.648. The molecule has 1 aliphatic carbocycles. The molecule has 0 aliphatic heterocycles. The van der Waals surface area contributed by atoms with E-state index in [0.29, 0.717) is 31.7 Å². The summed E-state index contributed by atoms with van der Waals surface area (Å²) in [4.78, 5) is 11.3. The Morgan fingerprint density at radius 1 is 1.22 bits per heavy atom. The number of aliphatic hydroxyl groups is 1. The van der Waals surface area contributed by atoms with E-state index in [9.17, 15) is 31.5 Å². The van der Waals surface area contributed by atoms with Gasteiger partial charge in [-0.2, -0.15) is 13.2 Å². The van der Waals surface area contributed by atoms with Crippen LogP contribution in [0.15, 0.2) is 23.1 Å². The predicted octanol–water partition coefficient (Wildman–Crippen LogP) is 2.45. The molecule has 1 aromatic rings. The Bertz CT molecular complexity index is 778. The summed E-state index contributed by atoms with van der Waals surface area (Å²) >= 11 is 5.47. The number of hydrogen-bond donors (Lipinski definition) is 3. The average molecular weight is 429 g/mol. The Morgan fingerprint density at radius 3 is 2.44 bits per heavy atom. The van der Waals surface area contributed by atoms with Gasteiger partial charge in [0.15, 0.2) is 0 Å². The molecule has 1 saturated carbocycles. The predicted molar refractivity (Wildman–Crippen MR) is 92.7 cm³/mol. The van der Waals surface area contributed by atoms with E-state index in [1.54, 1.807) is 0 Å². The number of sulfonamides is 1. The molecular formula is C16H20ClF3N2O4S. The highest BCUT2D eigenvalue weighted by Crippen LogP contribution is 2.35. The van der Waals surface area contributed by atoms with Gasteiger partial charge in [0.05, 0.1) is 21.6 Å². The SMILES string of the molecule is O=C(CCNS(=O)(=O)c1ccc(Cl)c(C(F)(F)F)c1)NC1CCC(O)CC1. The van der Waals surface area contributed by atoms with Crippen molar-refractivity contribution in [2.75, 3.05) is 6.54 Å². The van der Waals surface area contributed by atoms with Crippen LogP contribution in [0, 0.1) is 0 Å². The van der Waals surface area contributed by atoms with Crippen molar-refractivity contribution in [3.63, 3.8) is 0 Å². The van der Waals surface area contributed by atoms with Crippen LogP contribution in [-0.4, -0.2) is 38.1 Å². The van der Waals surface area contributed by atoms with Crippen molar-refractivity contribution in [2.45, 2.75) is 55.3 Å². The zero-order chi connectivity index (χ0) is 20.2. The molecular weight excluding hydrogens is 409 g/mol. The number of hydrogen-bond acceptors (Lipinski definition) is 4. The maximum Gasteiger partial charge on any atom is 0.417 e. The van der Waals surface area contributed by atoms with E-state index in [2.05, 4.69) is 10.0 Å². The summed E-state index contributed by atoms with van der Waals surface area (Å²) in [7, 11) is -4.22. The minimum absolute atomic E-state index is 0.0666. The maximum atomic E-state index is 12.9. The third-order valence-electron chi connectivity index (χ3n) is 4.26. The first-order valence-electron chi connectivity index (χ1n) is 8.33. The standard InChI is InChI=1S/C16H20ClF3N2O4S/c17-14-6-5-12(9-13(14)16(18,19)20)27(25,26)21-8-7-15(24)22-10-1-3-11(23)4-2-10/h5-6,9-11,21,23H,1-4,7-8H2,(H,22,24). The minimum Gasteiger partial charge on any atom is -0.393 e. The third-order valence-corrected chi connectivity index (χ3v) is 6.05. The molecule has 152 valence electrons. The van der Waals surface area contributed by atoms with Crippen molar-refractivity contribution in [3.8, 4) is 0 Å². The summed E-state index contributed by atoms with van der Waals surface area (Å²) in [5.74, 6) is -0.369. The first-order chi connectivity index (χ1) is 12.5. The molecule has 6 nitrogen and oxygen atoms in total. The molecule has 2 rings (SSSR count). The van der Waals surface area contributed by atoms with Crippen molar-refractivity contribution in [2.24, 2.45) is 0 Å². The summed E-state index contributed by atoms with van der Waals surface area (Å²) in [6.07, 6.45) is -2.82. The van der Waals surface area contributed by atoms with Gasteiger partial charge in [0.25, 0.3) is 0 Å². The van der Waals surface area contributed by atoms with Gasteiger partial charge in [-0.3, -0.25) is 4.79 Å². The normalized spacial score (nSPS) is 21.1.